The van der Waals surface area contributed by atoms with Gasteiger partial charge >= 0.3 is 0 Å². The molecule has 0 aromatic carbocycles. The lowest BCUT2D eigenvalue weighted by molar-refractivity contribution is 0.143. The molecular formula is C12H29N3O. The summed E-state index contributed by atoms with van der Waals surface area (Å²) in [6.07, 6.45) is 3.61. The molecule has 0 radical (unpaired) electrons. The van der Waals surface area contributed by atoms with Gasteiger partial charge in [-0.2, -0.15) is 0 Å². The molecule has 0 aromatic heterocycles. The number of ether oxygens (including phenoxy) is 1. The summed E-state index contributed by atoms with van der Waals surface area (Å²) in [5, 5.41) is 6.89. The summed E-state index contributed by atoms with van der Waals surface area (Å²) in [6, 6.07) is 0.688. The summed E-state index contributed by atoms with van der Waals surface area (Å²) in [5.41, 5.74) is 5.31. The second-order valence-corrected chi connectivity index (χ2v) is 3.97. The SMILES string of the molecule is CCC(CC)NCCCNCCOCCN. The third-order valence-electron chi connectivity index (χ3n) is 2.63. The number of rotatable bonds is 12. The van der Waals surface area contributed by atoms with Crippen LogP contribution in [0.4, 0.5) is 0 Å². The fraction of sp³-hybridized carbons (Fsp3) is 1.00. The molecule has 0 atom stereocenters. The van der Waals surface area contributed by atoms with Gasteiger partial charge in [-0.3, -0.25) is 0 Å². The summed E-state index contributed by atoms with van der Waals surface area (Å²) in [4.78, 5) is 0. The van der Waals surface area contributed by atoms with Crippen LogP contribution in [0.2, 0.25) is 0 Å². The number of hydrogen-bond acceptors (Lipinski definition) is 4. The first kappa shape index (κ1) is 15.8. The maximum Gasteiger partial charge on any atom is 0.0591 e. The molecule has 0 heterocycles. The van der Waals surface area contributed by atoms with Crippen LogP contribution in [0.3, 0.4) is 0 Å². The van der Waals surface area contributed by atoms with E-state index >= 15 is 0 Å². The highest BCUT2D eigenvalue weighted by atomic mass is 16.5. The third kappa shape index (κ3) is 10.4. The van der Waals surface area contributed by atoms with Crippen LogP contribution in [0.25, 0.3) is 0 Å². The highest BCUT2D eigenvalue weighted by Gasteiger charge is 2.00. The Morgan fingerprint density at radius 3 is 2.44 bits per heavy atom. The van der Waals surface area contributed by atoms with Gasteiger partial charge in [0.05, 0.1) is 13.2 Å². The molecular weight excluding hydrogens is 202 g/mol. The number of nitrogens with two attached hydrogens (primary N) is 1. The van der Waals surface area contributed by atoms with E-state index in [4.69, 9.17) is 10.5 Å². The molecule has 0 saturated carbocycles. The van der Waals surface area contributed by atoms with Gasteiger partial charge in [-0.1, -0.05) is 13.8 Å². The van der Waals surface area contributed by atoms with Gasteiger partial charge in [0, 0.05) is 19.1 Å². The lowest BCUT2D eigenvalue weighted by Gasteiger charge is -2.14. The first-order valence-electron chi connectivity index (χ1n) is 6.57. The van der Waals surface area contributed by atoms with Crippen LogP contribution in [0.1, 0.15) is 33.1 Å². The average molecular weight is 231 g/mol. The van der Waals surface area contributed by atoms with Crippen molar-refractivity contribution in [3.05, 3.63) is 0 Å². The number of nitrogens with one attached hydrogen (secondary N) is 2. The lowest BCUT2D eigenvalue weighted by atomic mass is 10.2. The predicted octanol–water partition coefficient (Wildman–Crippen LogP) is 0.720. The highest BCUT2D eigenvalue weighted by Crippen LogP contribution is 1.95. The van der Waals surface area contributed by atoms with E-state index in [1.54, 1.807) is 0 Å². The van der Waals surface area contributed by atoms with Crippen molar-refractivity contribution < 1.29 is 4.74 Å². The lowest BCUT2D eigenvalue weighted by Crippen LogP contribution is -2.31. The van der Waals surface area contributed by atoms with Gasteiger partial charge in [0.1, 0.15) is 0 Å². The van der Waals surface area contributed by atoms with Gasteiger partial charge in [0.2, 0.25) is 0 Å². The van der Waals surface area contributed by atoms with E-state index in [0.29, 0.717) is 19.2 Å². The van der Waals surface area contributed by atoms with Gasteiger partial charge in [0.25, 0.3) is 0 Å². The van der Waals surface area contributed by atoms with E-state index in [9.17, 15) is 0 Å². The molecule has 0 aliphatic heterocycles. The van der Waals surface area contributed by atoms with Crippen LogP contribution in [-0.2, 0) is 4.74 Å². The monoisotopic (exact) mass is 231 g/mol. The largest absolute Gasteiger partial charge is 0.379 e. The van der Waals surface area contributed by atoms with Crippen molar-refractivity contribution in [2.75, 3.05) is 39.4 Å². The van der Waals surface area contributed by atoms with Crippen molar-refractivity contribution >= 4 is 0 Å². The second-order valence-electron chi connectivity index (χ2n) is 3.97. The summed E-state index contributed by atoms with van der Waals surface area (Å²) in [6.45, 7) is 9.57. The van der Waals surface area contributed by atoms with Gasteiger partial charge in [-0.25, -0.2) is 0 Å². The van der Waals surface area contributed by atoms with Gasteiger partial charge < -0.3 is 21.1 Å². The molecule has 98 valence electrons. The minimum absolute atomic E-state index is 0.610. The standard InChI is InChI=1S/C12H29N3O/c1-3-12(4-2)15-8-5-7-14-9-11-16-10-6-13/h12,14-15H,3-11,13H2,1-2H3. The van der Waals surface area contributed by atoms with Gasteiger partial charge in [-0.05, 0) is 32.4 Å². The third-order valence-corrected chi connectivity index (χ3v) is 2.63. The maximum atomic E-state index is 5.31. The van der Waals surface area contributed by atoms with Gasteiger partial charge in [0.15, 0.2) is 0 Å². The summed E-state index contributed by atoms with van der Waals surface area (Å²) in [7, 11) is 0. The Morgan fingerprint density at radius 2 is 1.81 bits per heavy atom. The zero-order valence-corrected chi connectivity index (χ0v) is 10.9. The molecule has 0 saturated heterocycles. The summed E-state index contributed by atoms with van der Waals surface area (Å²) >= 11 is 0. The molecule has 16 heavy (non-hydrogen) atoms. The normalized spacial score (nSPS) is 11.2. The molecule has 0 aromatic rings. The molecule has 4 nitrogen and oxygen atoms in total. The molecule has 0 unspecified atom stereocenters. The van der Waals surface area contributed by atoms with E-state index < -0.39 is 0 Å². The number of hydrogen-bond donors (Lipinski definition) is 3. The first-order valence-corrected chi connectivity index (χ1v) is 6.57. The smallest absolute Gasteiger partial charge is 0.0591 e. The Labute approximate surface area is 100 Å². The Balaban J connectivity index is 3.03. The van der Waals surface area contributed by atoms with Crippen LogP contribution in [0.5, 0.6) is 0 Å². The fourth-order valence-corrected chi connectivity index (χ4v) is 1.55. The molecule has 0 bridgehead atoms. The summed E-state index contributed by atoms with van der Waals surface area (Å²) in [5.74, 6) is 0. The van der Waals surface area contributed by atoms with Crippen molar-refractivity contribution in [1.82, 2.24) is 10.6 Å². The molecule has 4 N–H and O–H groups in total. The Morgan fingerprint density at radius 1 is 1.06 bits per heavy atom. The van der Waals surface area contributed by atoms with Crippen molar-refractivity contribution in [3.8, 4) is 0 Å². The predicted molar refractivity (Wildman–Crippen MR) is 69.7 cm³/mol. The summed E-state index contributed by atoms with van der Waals surface area (Å²) < 4.78 is 5.26. The minimum Gasteiger partial charge on any atom is -0.379 e. The van der Waals surface area contributed by atoms with E-state index in [1.807, 2.05) is 0 Å². The van der Waals surface area contributed by atoms with Crippen LogP contribution < -0.4 is 16.4 Å². The van der Waals surface area contributed by atoms with E-state index in [2.05, 4.69) is 24.5 Å². The minimum atomic E-state index is 0.610. The van der Waals surface area contributed by atoms with Crippen molar-refractivity contribution in [1.29, 1.82) is 0 Å². The van der Waals surface area contributed by atoms with Crippen LogP contribution in [-0.4, -0.2) is 45.4 Å². The molecule has 0 fully saturated rings. The topological polar surface area (TPSA) is 59.3 Å². The Hall–Kier alpha value is -0.160. The van der Waals surface area contributed by atoms with E-state index in [1.165, 1.54) is 19.3 Å². The zero-order chi connectivity index (χ0) is 12.1. The van der Waals surface area contributed by atoms with E-state index in [-0.39, 0.29) is 0 Å². The second kappa shape index (κ2) is 12.9. The quantitative estimate of drug-likeness (QED) is 0.433. The average Bonchev–Trinajstić information content (AvgIpc) is 2.32. The van der Waals surface area contributed by atoms with Crippen molar-refractivity contribution in [2.24, 2.45) is 5.73 Å². The molecule has 0 amide bonds. The zero-order valence-electron chi connectivity index (χ0n) is 10.9. The van der Waals surface area contributed by atoms with Crippen molar-refractivity contribution in [3.63, 3.8) is 0 Å². The highest BCUT2D eigenvalue weighted by molar-refractivity contribution is 4.62. The molecule has 0 aliphatic rings. The Kier molecular flexibility index (Phi) is 12.8. The first-order chi connectivity index (χ1) is 7.85. The molecule has 0 aliphatic carbocycles. The van der Waals surface area contributed by atoms with Crippen LogP contribution in [0, 0.1) is 0 Å². The van der Waals surface area contributed by atoms with E-state index in [0.717, 1.165) is 26.2 Å². The van der Waals surface area contributed by atoms with Crippen molar-refractivity contribution in [2.45, 2.75) is 39.2 Å². The van der Waals surface area contributed by atoms with Crippen LogP contribution in [0.15, 0.2) is 0 Å². The maximum absolute atomic E-state index is 5.31. The van der Waals surface area contributed by atoms with Crippen LogP contribution >= 0.6 is 0 Å². The van der Waals surface area contributed by atoms with Gasteiger partial charge in [-0.15, -0.1) is 0 Å². The molecule has 0 spiro atoms. The fourth-order valence-electron chi connectivity index (χ4n) is 1.55. The molecule has 4 heteroatoms. The Bertz CT molecular complexity index is 129. The molecule has 0 rings (SSSR count).